The first-order valence-corrected chi connectivity index (χ1v) is 4.47. The largest absolute Gasteiger partial charge is 0.365 e. The van der Waals surface area contributed by atoms with E-state index >= 15 is 0 Å². The molecule has 1 aromatic carbocycles. The minimum absolute atomic E-state index is 0.701. The number of aromatic nitrogens is 2. The van der Waals surface area contributed by atoms with Gasteiger partial charge < -0.3 is 5.32 Å². The normalized spacial score (nSPS) is 10.0. The Morgan fingerprint density at radius 2 is 2.14 bits per heavy atom. The Morgan fingerprint density at radius 3 is 3.00 bits per heavy atom. The number of fused-ring (bicyclic) bond motifs is 1. The summed E-state index contributed by atoms with van der Waals surface area (Å²) >= 11 is 0. The Balaban J connectivity index is 2.36. The van der Waals surface area contributed by atoms with Crippen molar-refractivity contribution in [3.05, 3.63) is 43.0 Å². The molecule has 1 heterocycles. The second-order valence-electron chi connectivity index (χ2n) is 2.96. The molecular formula is C11H11N3. The summed E-state index contributed by atoms with van der Waals surface area (Å²) in [4.78, 5) is 0. The number of anilines is 1. The van der Waals surface area contributed by atoms with Crippen LogP contribution in [0.5, 0.6) is 0 Å². The Morgan fingerprint density at radius 1 is 1.29 bits per heavy atom. The summed E-state index contributed by atoms with van der Waals surface area (Å²) in [6.07, 6.45) is 1.79. The van der Waals surface area contributed by atoms with Crippen LogP contribution in [0.4, 0.5) is 5.82 Å². The third-order valence-corrected chi connectivity index (χ3v) is 1.92. The van der Waals surface area contributed by atoms with Crippen molar-refractivity contribution in [1.29, 1.82) is 0 Å². The monoisotopic (exact) mass is 185 g/mol. The Bertz CT molecular complexity index is 451. The molecule has 3 heteroatoms. The molecule has 0 bridgehead atoms. The van der Waals surface area contributed by atoms with Gasteiger partial charge in [-0.2, -0.15) is 0 Å². The van der Waals surface area contributed by atoms with Crippen LogP contribution in [0.25, 0.3) is 10.9 Å². The number of benzene rings is 1. The predicted molar refractivity (Wildman–Crippen MR) is 58.2 cm³/mol. The van der Waals surface area contributed by atoms with Crippen molar-refractivity contribution in [2.24, 2.45) is 0 Å². The van der Waals surface area contributed by atoms with E-state index in [9.17, 15) is 0 Å². The number of hydrogen-bond acceptors (Lipinski definition) is 3. The molecule has 2 aromatic rings. The van der Waals surface area contributed by atoms with Gasteiger partial charge in [-0.15, -0.1) is 16.8 Å². The first-order valence-electron chi connectivity index (χ1n) is 4.47. The predicted octanol–water partition coefficient (Wildman–Crippen LogP) is 2.23. The van der Waals surface area contributed by atoms with Crippen molar-refractivity contribution in [3.8, 4) is 0 Å². The zero-order chi connectivity index (χ0) is 9.80. The molecule has 0 aliphatic rings. The Labute approximate surface area is 82.5 Å². The Kier molecular flexibility index (Phi) is 2.40. The maximum Gasteiger partial charge on any atom is 0.149 e. The highest BCUT2D eigenvalue weighted by Gasteiger charge is 1.96. The van der Waals surface area contributed by atoms with E-state index in [4.69, 9.17) is 0 Å². The van der Waals surface area contributed by atoms with Crippen LogP contribution in [0.1, 0.15) is 0 Å². The SMILES string of the molecule is C=CCNc1cc2ccccc2nn1. The van der Waals surface area contributed by atoms with Crippen molar-refractivity contribution < 1.29 is 0 Å². The van der Waals surface area contributed by atoms with Gasteiger partial charge in [0.2, 0.25) is 0 Å². The summed E-state index contributed by atoms with van der Waals surface area (Å²) in [5, 5.41) is 12.3. The standard InChI is InChI=1S/C11H11N3/c1-2-7-12-11-8-9-5-3-4-6-10(9)13-14-11/h2-6,8H,1,7H2,(H,12,14). The van der Waals surface area contributed by atoms with Gasteiger partial charge in [0, 0.05) is 11.9 Å². The fraction of sp³-hybridized carbons (Fsp3) is 0.0909. The molecule has 0 atom stereocenters. The third kappa shape index (κ3) is 1.71. The average Bonchev–Trinajstić information content (AvgIpc) is 2.26. The van der Waals surface area contributed by atoms with E-state index in [1.165, 1.54) is 0 Å². The second-order valence-corrected chi connectivity index (χ2v) is 2.96. The molecule has 0 saturated carbocycles. The van der Waals surface area contributed by atoms with Crippen LogP contribution in [0.15, 0.2) is 43.0 Å². The van der Waals surface area contributed by atoms with Crippen molar-refractivity contribution in [1.82, 2.24) is 10.2 Å². The van der Waals surface area contributed by atoms with Gasteiger partial charge in [0.05, 0.1) is 5.52 Å². The lowest BCUT2D eigenvalue weighted by Gasteiger charge is -2.02. The van der Waals surface area contributed by atoms with Crippen LogP contribution in [0, 0.1) is 0 Å². The number of hydrogen-bond donors (Lipinski definition) is 1. The first kappa shape index (κ1) is 8.69. The van der Waals surface area contributed by atoms with Crippen LogP contribution in [0.3, 0.4) is 0 Å². The van der Waals surface area contributed by atoms with Crippen LogP contribution in [-0.2, 0) is 0 Å². The van der Waals surface area contributed by atoms with E-state index in [1.54, 1.807) is 6.08 Å². The summed E-state index contributed by atoms with van der Waals surface area (Å²) in [6, 6.07) is 9.88. The van der Waals surface area contributed by atoms with Crippen LogP contribution in [0.2, 0.25) is 0 Å². The molecule has 1 N–H and O–H groups in total. The van der Waals surface area contributed by atoms with Gasteiger partial charge in [-0.25, -0.2) is 0 Å². The lowest BCUT2D eigenvalue weighted by Crippen LogP contribution is -2.01. The van der Waals surface area contributed by atoms with Gasteiger partial charge in [-0.05, 0) is 12.1 Å². The average molecular weight is 185 g/mol. The van der Waals surface area contributed by atoms with Crippen LogP contribution in [-0.4, -0.2) is 16.7 Å². The van der Waals surface area contributed by atoms with Gasteiger partial charge >= 0.3 is 0 Å². The number of rotatable bonds is 3. The van der Waals surface area contributed by atoms with E-state index in [0.717, 1.165) is 16.7 Å². The van der Waals surface area contributed by atoms with Gasteiger partial charge in [-0.1, -0.05) is 24.3 Å². The summed E-state index contributed by atoms with van der Waals surface area (Å²) in [5.74, 6) is 0.781. The minimum atomic E-state index is 0.701. The first-order chi connectivity index (χ1) is 6.90. The van der Waals surface area contributed by atoms with E-state index in [1.807, 2.05) is 30.3 Å². The second kappa shape index (κ2) is 3.87. The summed E-state index contributed by atoms with van der Waals surface area (Å²) in [7, 11) is 0. The van der Waals surface area contributed by atoms with Gasteiger partial charge in [0.25, 0.3) is 0 Å². The molecule has 3 nitrogen and oxygen atoms in total. The van der Waals surface area contributed by atoms with Gasteiger partial charge in [-0.3, -0.25) is 0 Å². The molecule has 0 radical (unpaired) electrons. The highest BCUT2D eigenvalue weighted by atomic mass is 15.2. The quantitative estimate of drug-likeness (QED) is 0.745. The molecule has 0 saturated heterocycles. The Hall–Kier alpha value is -1.90. The molecule has 0 fully saturated rings. The third-order valence-electron chi connectivity index (χ3n) is 1.92. The molecular weight excluding hydrogens is 174 g/mol. The summed E-state index contributed by atoms with van der Waals surface area (Å²) in [5.41, 5.74) is 0.914. The highest BCUT2D eigenvalue weighted by Crippen LogP contribution is 2.12. The van der Waals surface area contributed by atoms with E-state index in [2.05, 4.69) is 22.1 Å². The van der Waals surface area contributed by atoms with E-state index in [-0.39, 0.29) is 0 Å². The van der Waals surface area contributed by atoms with E-state index in [0.29, 0.717) is 6.54 Å². The smallest absolute Gasteiger partial charge is 0.149 e. The topological polar surface area (TPSA) is 37.8 Å². The van der Waals surface area contributed by atoms with Gasteiger partial charge in [0.1, 0.15) is 5.82 Å². The molecule has 2 rings (SSSR count). The highest BCUT2D eigenvalue weighted by molar-refractivity contribution is 5.79. The number of nitrogens with one attached hydrogen (secondary N) is 1. The summed E-state index contributed by atoms with van der Waals surface area (Å²) in [6.45, 7) is 4.33. The molecule has 1 aromatic heterocycles. The molecule has 70 valence electrons. The molecule has 0 amide bonds. The molecule has 0 unspecified atom stereocenters. The minimum Gasteiger partial charge on any atom is -0.365 e. The molecule has 0 spiro atoms. The maximum absolute atomic E-state index is 4.09. The van der Waals surface area contributed by atoms with Crippen molar-refractivity contribution in [2.45, 2.75) is 0 Å². The zero-order valence-electron chi connectivity index (χ0n) is 7.77. The van der Waals surface area contributed by atoms with Crippen molar-refractivity contribution in [2.75, 3.05) is 11.9 Å². The van der Waals surface area contributed by atoms with Crippen LogP contribution >= 0.6 is 0 Å². The summed E-state index contributed by atoms with van der Waals surface area (Å²) < 4.78 is 0. The fourth-order valence-corrected chi connectivity index (χ4v) is 1.25. The van der Waals surface area contributed by atoms with Gasteiger partial charge in [0.15, 0.2) is 0 Å². The molecule has 0 aliphatic carbocycles. The van der Waals surface area contributed by atoms with E-state index < -0.39 is 0 Å². The number of nitrogens with zero attached hydrogens (tertiary/aromatic N) is 2. The maximum atomic E-state index is 4.09. The molecule has 14 heavy (non-hydrogen) atoms. The lowest BCUT2D eigenvalue weighted by molar-refractivity contribution is 1.06. The van der Waals surface area contributed by atoms with Crippen molar-refractivity contribution in [3.63, 3.8) is 0 Å². The van der Waals surface area contributed by atoms with Crippen LogP contribution < -0.4 is 5.32 Å². The van der Waals surface area contributed by atoms with Crippen molar-refractivity contribution >= 4 is 16.7 Å². The fourth-order valence-electron chi connectivity index (χ4n) is 1.25. The lowest BCUT2D eigenvalue weighted by atomic mass is 10.2. The molecule has 0 aliphatic heterocycles. The zero-order valence-corrected chi connectivity index (χ0v) is 7.77.